The van der Waals surface area contributed by atoms with Crippen molar-refractivity contribution in [2.75, 3.05) is 0 Å². The molecule has 0 amide bonds. The molecule has 262 valence electrons. The molecule has 0 spiro atoms. The van der Waals surface area contributed by atoms with E-state index in [0.717, 1.165) is 74.7 Å². The fourth-order valence-electron chi connectivity index (χ4n) is 12.5. The van der Waals surface area contributed by atoms with Gasteiger partial charge in [-0.2, -0.15) is 13.2 Å². The summed E-state index contributed by atoms with van der Waals surface area (Å²) in [5.74, 6) is 3.98. The van der Waals surface area contributed by atoms with Crippen molar-refractivity contribution in [1.29, 1.82) is 0 Å². The zero-order valence-corrected chi connectivity index (χ0v) is 29.3. The zero-order valence-electron chi connectivity index (χ0n) is 29.3. The van der Waals surface area contributed by atoms with Crippen LogP contribution in [0.1, 0.15) is 155 Å². The Morgan fingerprint density at radius 3 is 2.11 bits per heavy atom. The van der Waals surface area contributed by atoms with Gasteiger partial charge in [-0.25, -0.2) is 0 Å². The molecule has 46 heavy (non-hydrogen) atoms. The average Bonchev–Trinajstić information content (AvgIpc) is 3.40. The van der Waals surface area contributed by atoms with E-state index in [1.54, 1.807) is 0 Å². The normalized spacial score (nSPS) is 42.0. The molecule has 6 fully saturated rings. The van der Waals surface area contributed by atoms with E-state index < -0.39 is 18.2 Å². The summed E-state index contributed by atoms with van der Waals surface area (Å²) in [5, 5.41) is 11.7. The fourth-order valence-corrected chi connectivity index (χ4v) is 12.5. The molecule has 6 saturated carbocycles. The summed E-state index contributed by atoms with van der Waals surface area (Å²) in [4.78, 5) is 0. The highest BCUT2D eigenvalue weighted by Crippen LogP contribution is 2.56. The van der Waals surface area contributed by atoms with E-state index in [4.69, 9.17) is 0 Å². The molecule has 6 aliphatic rings. The minimum atomic E-state index is -4.17. The molecule has 0 bridgehead atoms. The Morgan fingerprint density at radius 1 is 0.739 bits per heavy atom. The Balaban J connectivity index is 1.00. The van der Waals surface area contributed by atoms with Crippen molar-refractivity contribution in [2.24, 2.45) is 71.0 Å². The number of alkyl halides is 3. The lowest BCUT2D eigenvalue weighted by molar-refractivity contribution is -0.202. The molecular weight excluding hydrogens is 577 g/mol. The summed E-state index contributed by atoms with van der Waals surface area (Å²) >= 11 is 0. The van der Waals surface area contributed by atoms with Crippen LogP contribution < -0.4 is 0 Å². The number of rotatable bonds is 9. The number of halogens is 3. The highest BCUT2D eigenvalue weighted by molar-refractivity contribution is 5.16. The monoisotopic (exact) mass is 645 g/mol. The van der Waals surface area contributed by atoms with Gasteiger partial charge in [0, 0.05) is 0 Å². The van der Waals surface area contributed by atoms with Gasteiger partial charge in [0.2, 0.25) is 0 Å². The molecule has 4 heteroatoms. The van der Waals surface area contributed by atoms with Crippen LogP contribution in [0.3, 0.4) is 0 Å². The second-order valence-electron chi connectivity index (χ2n) is 17.9. The molecular formula is C42H67F3O. The van der Waals surface area contributed by atoms with Gasteiger partial charge in [0.05, 0.1) is 12.0 Å². The maximum absolute atomic E-state index is 14.6. The summed E-state index contributed by atoms with van der Waals surface area (Å²) in [6.45, 7) is 11.3. The molecule has 6 rings (SSSR count). The highest BCUT2D eigenvalue weighted by Gasteiger charge is 2.50. The van der Waals surface area contributed by atoms with Crippen molar-refractivity contribution >= 4 is 0 Å². The van der Waals surface area contributed by atoms with Crippen molar-refractivity contribution in [3.63, 3.8) is 0 Å². The lowest BCUT2D eigenvalue weighted by atomic mass is 9.62. The number of aliphatic hydroxyl groups is 1. The largest absolute Gasteiger partial charge is 0.392 e. The van der Waals surface area contributed by atoms with E-state index in [1.165, 1.54) is 89.0 Å². The van der Waals surface area contributed by atoms with Gasteiger partial charge in [-0.3, -0.25) is 0 Å². The molecule has 10 atom stereocenters. The van der Waals surface area contributed by atoms with E-state index >= 15 is 0 Å². The molecule has 1 N–H and O–H groups in total. The molecule has 0 aromatic carbocycles. The minimum Gasteiger partial charge on any atom is -0.388 e. The summed E-state index contributed by atoms with van der Waals surface area (Å²) in [7, 11) is 0. The summed E-state index contributed by atoms with van der Waals surface area (Å²) in [6, 6.07) is 0. The van der Waals surface area contributed by atoms with Crippen LogP contribution in [-0.4, -0.2) is 17.4 Å². The Labute approximate surface area is 280 Å². The van der Waals surface area contributed by atoms with Crippen molar-refractivity contribution in [1.82, 2.24) is 0 Å². The topological polar surface area (TPSA) is 20.2 Å². The maximum atomic E-state index is 14.6. The molecule has 1 nitrogen and oxygen atoms in total. The molecule has 0 aromatic heterocycles. The van der Waals surface area contributed by atoms with Crippen LogP contribution in [0, 0.1) is 71.0 Å². The molecule has 0 aromatic rings. The van der Waals surface area contributed by atoms with E-state index in [9.17, 15) is 18.3 Å². The van der Waals surface area contributed by atoms with Gasteiger partial charge in [0.15, 0.2) is 0 Å². The van der Waals surface area contributed by atoms with Crippen molar-refractivity contribution in [2.45, 2.75) is 167 Å². The third-order valence-electron chi connectivity index (χ3n) is 15.3. The number of allylic oxidation sites excluding steroid dienone is 1. The van der Waals surface area contributed by atoms with E-state index in [1.807, 2.05) is 0 Å². The van der Waals surface area contributed by atoms with Crippen LogP contribution >= 0.6 is 0 Å². The van der Waals surface area contributed by atoms with E-state index in [0.29, 0.717) is 36.0 Å². The molecule has 0 heterocycles. The van der Waals surface area contributed by atoms with E-state index in [-0.39, 0.29) is 24.2 Å². The number of hydrogen-bond acceptors (Lipinski definition) is 1. The van der Waals surface area contributed by atoms with Gasteiger partial charge >= 0.3 is 6.18 Å². The Kier molecular flexibility index (Phi) is 11.8. The molecule has 0 radical (unpaired) electrons. The smallest absolute Gasteiger partial charge is 0.388 e. The number of hydrogen-bond donors (Lipinski definition) is 1. The summed E-state index contributed by atoms with van der Waals surface area (Å²) in [6.07, 6.45) is 21.5. The molecule has 6 aliphatic carbocycles. The first-order chi connectivity index (χ1) is 22.1. The number of aliphatic hydroxyl groups excluding tert-OH is 1. The van der Waals surface area contributed by atoms with Gasteiger partial charge in [-0.15, -0.1) is 0 Å². The quantitative estimate of drug-likeness (QED) is 0.248. The van der Waals surface area contributed by atoms with Gasteiger partial charge < -0.3 is 5.11 Å². The first kappa shape index (κ1) is 35.1. The lowest BCUT2D eigenvalue weighted by Crippen LogP contribution is -2.41. The predicted octanol–water partition coefficient (Wildman–Crippen LogP) is 12.5. The summed E-state index contributed by atoms with van der Waals surface area (Å²) < 4.78 is 43.8. The van der Waals surface area contributed by atoms with Crippen molar-refractivity contribution in [3.8, 4) is 0 Å². The van der Waals surface area contributed by atoms with Crippen LogP contribution in [0.15, 0.2) is 24.3 Å². The maximum Gasteiger partial charge on any atom is 0.392 e. The summed E-state index contributed by atoms with van der Waals surface area (Å²) in [5.41, 5.74) is 2.18. The van der Waals surface area contributed by atoms with Crippen LogP contribution in [0.2, 0.25) is 0 Å². The second kappa shape index (κ2) is 15.4. The third-order valence-corrected chi connectivity index (χ3v) is 15.3. The predicted molar refractivity (Wildman–Crippen MR) is 184 cm³/mol. The average molecular weight is 645 g/mol. The Morgan fingerprint density at radius 2 is 1.39 bits per heavy atom. The lowest BCUT2D eigenvalue weighted by Gasteiger charge is -2.44. The van der Waals surface area contributed by atoms with Crippen molar-refractivity contribution < 1.29 is 18.3 Å². The Hall–Kier alpha value is -0.770. The Bertz CT molecular complexity index is 1000. The van der Waals surface area contributed by atoms with Crippen LogP contribution in [0.4, 0.5) is 13.2 Å². The van der Waals surface area contributed by atoms with E-state index in [2.05, 4.69) is 20.1 Å². The SMILES string of the molecule is C=C(C1CCC(CC2CCC(CCC3CCCCC3)CC2)C(C(F)(F)F)C1)C(O)C1CCC(C)C(C2CC(=C)C3CCCCC32)C1. The van der Waals surface area contributed by atoms with Crippen LogP contribution in [0.5, 0.6) is 0 Å². The van der Waals surface area contributed by atoms with Gasteiger partial charge in [-0.1, -0.05) is 116 Å². The first-order valence-electron chi connectivity index (χ1n) is 20.2. The highest BCUT2D eigenvalue weighted by atomic mass is 19.4. The van der Waals surface area contributed by atoms with Crippen LogP contribution in [0.25, 0.3) is 0 Å². The zero-order chi connectivity index (χ0) is 32.4. The molecule has 0 aliphatic heterocycles. The van der Waals surface area contributed by atoms with Gasteiger partial charge in [0.1, 0.15) is 0 Å². The fraction of sp³-hybridized carbons (Fsp3) is 0.905. The van der Waals surface area contributed by atoms with Crippen molar-refractivity contribution in [3.05, 3.63) is 24.3 Å². The van der Waals surface area contributed by atoms with Gasteiger partial charge in [0.25, 0.3) is 0 Å². The second-order valence-corrected chi connectivity index (χ2v) is 17.9. The number of fused-ring (bicyclic) bond motifs is 1. The van der Waals surface area contributed by atoms with Gasteiger partial charge in [-0.05, 0) is 128 Å². The molecule has 10 unspecified atom stereocenters. The standard InChI is InChI=1S/C42H67F3O/c1-27-13-20-35(25-38(27)39-23-28(2)36-11-7-8-12-37(36)39)41(46)29(3)33-21-22-34(40(26-33)42(43,44)45)24-32-18-16-31(17-19-32)15-14-30-9-5-4-6-10-30/h27,30-41,46H,2-26H2,1H3. The van der Waals surface area contributed by atoms with Crippen LogP contribution in [-0.2, 0) is 0 Å². The minimum absolute atomic E-state index is 0.138. The first-order valence-corrected chi connectivity index (χ1v) is 20.2. The molecule has 0 saturated heterocycles. The third kappa shape index (κ3) is 8.16.